The number of methoxy groups -OCH3 is 1. The van der Waals surface area contributed by atoms with Crippen LogP contribution in [0.5, 0.6) is 5.75 Å². The quantitative estimate of drug-likeness (QED) is 0.649. The minimum absolute atomic E-state index is 0.209. The largest absolute Gasteiger partial charge is 0.479 e. The lowest BCUT2D eigenvalue weighted by Gasteiger charge is -2.16. The Bertz CT molecular complexity index is 797. The first-order valence-electron chi connectivity index (χ1n) is 8.20. The van der Waals surface area contributed by atoms with Crippen LogP contribution in [0.25, 0.3) is 0 Å². The third kappa shape index (κ3) is 6.43. The van der Waals surface area contributed by atoms with Crippen molar-refractivity contribution in [3.8, 4) is 5.75 Å². The van der Waals surface area contributed by atoms with E-state index < -0.39 is 6.10 Å². The first-order chi connectivity index (χ1) is 12.9. The molecule has 2 amide bonds. The lowest BCUT2D eigenvalue weighted by atomic mass is 10.2. The molecule has 8 heteroatoms. The van der Waals surface area contributed by atoms with Crippen molar-refractivity contribution in [1.29, 1.82) is 0 Å². The normalized spacial score (nSPS) is 11.6. The van der Waals surface area contributed by atoms with Crippen LogP contribution >= 0.6 is 23.2 Å². The Balaban J connectivity index is 1.91. The minimum Gasteiger partial charge on any atom is -0.479 e. The fraction of sp³-hybridized carbons (Fsp3) is 0.263. The van der Waals surface area contributed by atoms with Crippen molar-refractivity contribution in [2.24, 2.45) is 0 Å². The summed E-state index contributed by atoms with van der Waals surface area (Å²) in [5.74, 6) is -0.191. The maximum atomic E-state index is 12.3. The van der Waals surface area contributed by atoms with Crippen LogP contribution in [-0.2, 0) is 9.53 Å². The summed E-state index contributed by atoms with van der Waals surface area (Å²) in [5.41, 5.74) is 1.03. The second-order valence-corrected chi connectivity index (χ2v) is 6.49. The number of benzene rings is 2. The lowest BCUT2D eigenvalue weighted by Crippen LogP contribution is -2.30. The van der Waals surface area contributed by atoms with Gasteiger partial charge in [0.1, 0.15) is 5.75 Å². The molecule has 1 atom stereocenters. The molecule has 2 N–H and O–H groups in total. The van der Waals surface area contributed by atoms with Crippen LogP contribution < -0.4 is 15.4 Å². The molecule has 2 rings (SSSR count). The molecule has 0 aliphatic heterocycles. The number of carbonyl (C=O) groups is 2. The van der Waals surface area contributed by atoms with Gasteiger partial charge < -0.3 is 20.1 Å². The van der Waals surface area contributed by atoms with E-state index in [2.05, 4.69) is 10.6 Å². The topological polar surface area (TPSA) is 76.7 Å². The number of nitrogens with one attached hydrogen (secondary N) is 2. The van der Waals surface area contributed by atoms with Gasteiger partial charge in [-0.3, -0.25) is 9.59 Å². The Hall–Kier alpha value is -2.28. The van der Waals surface area contributed by atoms with Crippen LogP contribution in [0.15, 0.2) is 42.5 Å². The van der Waals surface area contributed by atoms with Gasteiger partial charge in [0.15, 0.2) is 6.10 Å². The van der Waals surface area contributed by atoms with E-state index in [1.54, 1.807) is 56.5 Å². The number of hydrogen-bond donors (Lipinski definition) is 2. The van der Waals surface area contributed by atoms with E-state index in [1.165, 1.54) is 0 Å². The van der Waals surface area contributed by atoms with E-state index in [0.29, 0.717) is 40.2 Å². The highest BCUT2D eigenvalue weighted by Gasteiger charge is 2.17. The molecule has 6 nitrogen and oxygen atoms in total. The zero-order valence-corrected chi connectivity index (χ0v) is 16.4. The third-order valence-electron chi connectivity index (χ3n) is 3.57. The van der Waals surface area contributed by atoms with Gasteiger partial charge in [0, 0.05) is 29.9 Å². The highest BCUT2D eigenvalue weighted by Crippen LogP contribution is 2.28. The molecule has 0 aromatic heterocycles. The predicted octanol–water partition coefficient (Wildman–Crippen LogP) is 3.78. The zero-order valence-electron chi connectivity index (χ0n) is 14.9. The van der Waals surface area contributed by atoms with Crippen molar-refractivity contribution in [2.45, 2.75) is 13.0 Å². The number of carbonyl (C=O) groups excluding carboxylic acids is 2. The Morgan fingerprint density at radius 3 is 2.44 bits per heavy atom. The van der Waals surface area contributed by atoms with E-state index >= 15 is 0 Å². The zero-order chi connectivity index (χ0) is 19.8. The maximum Gasteiger partial charge on any atom is 0.265 e. The van der Waals surface area contributed by atoms with Crippen LogP contribution in [0.1, 0.15) is 17.3 Å². The molecular formula is C19H20Cl2N2O4. The Labute approximate surface area is 167 Å². The van der Waals surface area contributed by atoms with E-state index in [1.807, 2.05) is 0 Å². The van der Waals surface area contributed by atoms with Crippen LogP contribution in [-0.4, -0.2) is 38.2 Å². The first-order valence-corrected chi connectivity index (χ1v) is 8.96. The van der Waals surface area contributed by atoms with E-state index in [4.69, 9.17) is 32.7 Å². The smallest absolute Gasteiger partial charge is 0.265 e. The van der Waals surface area contributed by atoms with Crippen molar-refractivity contribution in [1.82, 2.24) is 5.32 Å². The summed E-state index contributed by atoms with van der Waals surface area (Å²) >= 11 is 11.9. The summed E-state index contributed by atoms with van der Waals surface area (Å²) < 4.78 is 10.5. The molecule has 144 valence electrons. The molecule has 0 saturated carbocycles. The molecule has 27 heavy (non-hydrogen) atoms. The average Bonchev–Trinajstić information content (AvgIpc) is 2.64. The average molecular weight is 411 g/mol. The predicted molar refractivity (Wildman–Crippen MR) is 106 cm³/mol. The van der Waals surface area contributed by atoms with Gasteiger partial charge in [-0.1, -0.05) is 23.2 Å². The van der Waals surface area contributed by atoms with Gasteiger partial charge in [0.05, 0.1) is 11.6 Å². The number of anilines is 1. The van der Waals surface area contributed by atoms with Crippen molar-refractivity contribution in [2.75, 3.05) is 25.6 Å². The summed E-state index contributed by atoms with van der Waals surface area (Å²) in [4.78, 5) is 24.2. The number of amides is 2. The molecule has 0 spiro atoms. The number of rotatable bonds is 8. The molecule has 0 aliphatic carbocycles. The van der Waals surface area contributed by atoms with Crippen LogP contribution in [0.3, 0.4) is 0 Å². The Morgan fingerprint density at radius 2 is 1.81 bits per heavy atom. The van der Waals surface area contributed by atoms with Crippen molar-refractivity contribution in [3.63, 3.8) is 0 Å². The lowest BCUT2D eigenvalue weighted by molar-refractivity contribution is -0.122. The number of hydrogen-bond acceptors (Lipinski definition) is 4. The van der Waals surface area contributed by atoms with Crippen molar-refractivity contribution < 1.29 is 19.1 Å². The van der Waals surface area contributed by atoms with E-state index in [0.717, 1.165) is 0 Å². The van der Waals surface area contributed by atoms with Gasteiger partial charge in [-0.25, -0.2) is 0 Å². The van der Waals surface area contributed by atoms with Gasteiger partial charge in [0.25, 0.3) is 11.8 Å². The number of ether oxygens (including phenoxy) is 2. The van der Waals surface area contributed by atoms with Crippen molar-refractivity contribution in [3.05, 3.63) is 58.1 Å². The Morgan fingerprint density at radius 1 is 1.11 bits per heavy atom. The second kappa shape index (κ2) is 10.2. The fourth-order valence-corrected chi connectivity index (χ4v) is 2.59. The van der Waals surface area contributed by atoms with Crippen LogP contribution in [0.2, 0.25) is 10.0 Å². The van der Waals surface area contributed by atoms with Gasteiger partial charge in [-0.2, -0.15) is 0 Å². The molecular weight excluding hydrogens is 391 g/mol. The molecule has 0 saturated heterocycles. The molecule has 0 aliphatic rings. The van der Waals surface area contributed by atoms with Crippen LogP contribution in [0.4, 0.5) is 5.69 Å². The standard InChI is InChI=1S/C19H20Cl2N2O4/c1-12(27-17-8-5-14(20)11-16(17)21)18(24)23-15-6-3-13(4-7-15)19(25)22-9-10-26-2/h3-8,11-12H,9-10H2,1-2H3,(H,22,25)(H,23,24). The molecule has 2 aromatic carbocycles. The summed E-state index contributed by atoms with van der Waals surface area (Å²) in [5, 5.41) is 6.26. The van der Waals surface area contributed by atoms with Gasteiger partial charge in [0.2, 0.25) is 0 Å². The van der Waals surface area contributed by atoms with Crippen LogP contribution in [0, 0.1) is 0 Å². The molecule has 0 bridgehead atoms. The number of halogens is 2. The summed E-state index contributed by atoms with van der Waals surface area (Å²) in [7, 11) is 1.56. The SMILES string of the molecule is COCCNC(=O)c1ccc(NC(=O)C(C)Oc2ccc(Cl)cc2Cl)cc1. The highest BCUT2D eigenvalue weighted by molar-refractivity contribution is 6.35. The van der Waals surface area contributed by atoms with E-state index in [-0.39, 0.29) is 11.8 Å². The summed E-state index contributed by atoms with van der Waals surface area (Å²) in [6, 6.07) is 11.3. The molecule has 0 fully saturated rings. The molecule has 0 heterocycles. The molecule has 2 aromatic rings. The first kappa shape index (κ1) is 21.0. The molecule has 1 unspecified atom stereocenters. The monoisotopic (exact) mass is 410 g/mol. The third-order valence-corrected chi connectivity index (χ3v) is 4.10. The molecule has 0 radical (unpaired) electrons. The van der Waals surface area contributed by atoms with Gasteiger partial charge >= 0.3 is 0 Å². The van der Waals surface area contributed by atoms with E-state index in [9.17, 15) is 9.59 Å². The Kier molecular flexibility index (Phi) is 7.91. The van der Waals surface area contributed by atoms with Gasteiger partial charge in [-0.05, 0) is 49.4 Å². The minimum atomic E-state index is -0.777. The maximum absolute atomic E-state index is 12.3. The second-order valence-electron chi connectivity index (χ2n) is 5.65. The van der Waals surface area contributed by atoms with Gasteiger partial charge in [-0.15, -0.1) is 0 Å². The van der Waals surface area contributed by atoms with Crippen molar-refractivity contribution >= 4 is 40.7 Å². The highest BCUT2D eigenvalue weighted by atomic mass is 35.5. The fourth-order valence-electron chi connectivity index (χ4n) is 2.13. The summed E-state index contributed by atoms with van der Waals surface area (Å²) in [6.45, 7) is 2.48. The summed E-state index contributed by atoms with van der Waals surface area (Å²) in [6.07, 6.45) is -0.777.